The van der Waals surface area contributed by atoms with E-state index in [9.17, 15) is 8.78 Å². The van der Waals surface area contributed by atoms with Crippen LogP contribution in [0, 0.1) is 17.6 Å². The molecule has 1 aliphatic rings. The Balaban J connectivity index is 0.00000180. The van der Waals surface area contributed by atoms with Gasteiger partial charge in [-0.05, 0) is 56.5 Å². The lowest BCUT2D eigenvalue weighted by molar-refractivity contribution is 0.165. The van der Waals surface area contributed by atoms with E-state index in [0.29, 0.717) is 12.5 Å². The molecular weight excluding hydrogens is 270 g/mol. The third-order valence-corrected chi connectivity index (χ3v) is 3.77. The summed E-state index contributed by atoms with van der Waals surface area (Å²) in [6.07, 6.45) is 2.17. The molecule has 108 valence electrons. The normalized spacial score (nSPS) is 18.9. The van der Waals surface area contributed by atoms with E-state index in [4.69, 9.17) is 5.73 Å². The molecule has 0 radical (unpaired) electrons. The Morgan fingerprint density at radius 1 is 1.26 bits per heavy atom. The highest BCUT2D eigenvalue weighted by Gasteiger charge is 2.21. The second kappa shape index (κ2) is 7.17. The molecular formula is C14H21ClF2N2. The minimum Gasteiger partial charge on any atom is -0.328 e. The van der Waals surface area contributed by atoms with Crippen molar-refractivity contribution in [2.75, 3.05) is 13.1 Å². The van der Waals surface area contributed by atoms with Crippen molar-refractivity contribution < 1.29 is 8.78 Å². The van der Waals surface area contributed by atoms with Crippen LogP contribution in [-0.2, 0) is 6.54 Å². The van der Waals surface area contributed by atoms with E-state index in [-0.39, 0.29) is 18.4 Å². The summed E-state index contributed by atoms with van der Waals surface area (Å²) < 4.78 is 25.9. The Bertz CT molecular complexity index is 404. The summed E-state index contributed by atoms with van der Waals surface area (Å²) in [5, 5.41) is 0. The summed E-state index contributed by atoms with van der Waals surface area (Å²) in [6, 6.07) is 4.37. The van der Waals surface area contributed by atoms with E-state index in [2.05, 4.69) is 11.8 Å². The molecule has 1 aromatic carbocycles. The maximum atomic E-state index is 13.1. The van der Waals surface area contributed by atoms with Crippen molar-refractivity contribution >= 4 is 12.4 Å². The van der Waals surface area contributed by atoms with Gasteiger partial charge in [-0.1, -0.05) is 6.07 Å². The molecule has 0 amide bonds. The van der Waals surface area contributed by atoms with Gasteiger partial charge in [-0.15, -0.1) is 12.4 Å². The minimum absolute atomic E-state index is 0. The van der Waals surface area contributed by atoms with Crippen molar-refractivity contribution in [3.05, 3.63) is 35.4 Å². The molecule has 1 unspecified atom stereocenters. The van der Waals surface area contributed by atoms with E-state index in [0.717, 1.165) is 31.5 Å². The molecule has 1 saturated heterocycles. The molecule has 0 spiro atoms. The Morgan fingerprint density at radius 3 is 2.42 bits per heavy atom. The largest absolute Gasteiger partial charge is 0.328 e. The lowest BCUT2D eigenvalue weighted by atomic mass is 9.91. The van der Waals surface area contributed by atoms with Gasteiger partial charge in [-0.3, -0.25) is 4.90 Å². The SMILES string of the molecule is CC(N)C1CCN(Cc2ccc(F)c(F)c2)CC1.Cl. The molecule has 2 nitrogen and oxygen atoms in total. The second-order valence-corrected chi connectivity index (χ2v) is 5.22. The number of rotatable bonds is 3. The summed E-state index contributed by atoms with van der Waals surface area (Å²) in [7, 11) is 0. The number of halogens is 3. The van der Waals surface area contributed by atoms with Crippen molar-refractivity contribution in [2.45, 2.75) is 32.4 Å². The zero-order valence-electron chi connectivity index (χ0n) is 11.1. The number of benzene rings is 1. The van der Waals surface area contributed by atoms with Crippen LogP contribution in [0.1, 0.15) is 25.3 Å². The second-order valence-electron chi connectivity index (χ2n) is 5.22. The molecule has 1 fully saturated rings. The number of hydrogen-bond acceptors (Lipinski definition) is 2. The van der Waals surface area contributed by atoms with Crippen LogP contribution in [0.4, 0.5) is 8.78 Å². The molecule has 5 heteroatoms. The first-order chi connectivity index (χ1) is 8.56. The standard InChI is InChI=1S/C14H20F2N2.ClH/c1-10(17)12-4-6-18(7-5-12)9-11-2-3-13(15)14(16)8-11;/h2-3,8,10,12H,4-7,9,17H2,1H3;1H. The highest BCUT2D eigenvalue weighted by Crippen LogP contribution is 2.21. The Hall–Kier alpha value is -0.710. The number of piperidine rings is 1. The maximum absolute atomic E-state index is 13.1. The summed E-state index contributed by atoms with van der Waals surface area (Å²) in [5.74, 6) is -0.960. The van der Waals surface area contributed by atoms with Crippen molar-refractivity contribution in [3.63, 3.8) is 0 Å². The lowest BCUT2D eigenvalue weighted by Gasteiger charge is -2.33. The van der Waals surface area contributed by atoms with E-state index in [1.54, 1.807) is 6.07 Å². The topological polar surface area (TPSA) is 29.3 Å². The fourth-order valence-corrected chi connectivity index (χ4v) is 2.53. The van der Waals surface area contributed by atoms with Gasteiger partial charge in [0.05, 0.1) is 0 Å². The van der Waals surface area contributed by atoms with Crippen LogP contribution >= 0.6 is 12.4 Å². The molecule has 0 bridgehead atoms. The molecule has 19 heavy (non-hydrogen) atoms. The smallest absolute Gasteiger partial charge is 0.159 e. The predicted molar refractivity (Wildman–Crippen MR) is 75.3 cm³/mol. The Morgan fingerprint density at radius 2 is 1.89 bits per heavy atom. The van der Waals surface area contributed by atoms with Gasteiger partial charge in [0, 0.05) is 12.6 Å². The molecule has 0 aromatic heterocycles. The van der Waals surface area contributed by atoms with Gasteiger partial charge in [-0.2, -0.15) is 0 Å². The third-order valence-electron chi connectivity index (χ3n) is 3.77. The fourth-order valence-electron chi connectivity index (χ4n) is 2.53. The van der Waals surface area contributed by atoms with Crippen LogP contribution in [0.5, 0.6) is 0 Å². The number of likely N-dealkylation sites (tertiary alicyclic amines) is 1. The molecule has 0 saturated carbocycles. The van der Waals surface area contributed by atoms with E-state index >= 15 is 0 Å². The van der Waals surface area contributed by atoms with Gasteiger partial charge in [-0.25, -0.2) is 8.78 Å². The number of hydrogen-bond donors (Lipinski definition) is 1. The summed E-state index contributed by atoms with van der Waals surface area (Å²) >= 11 is 0. The van der Waals surface area contributed by atoms with Crippen LogP contribution in [0.15, 0.2) is 18.2 Å². The molecule has 1 aromatic rings. The summed E-state index contributed by atoms with van der Waals surface area (Å²) in [4.78, 5) is 2.27. The van der Waals surface area contributed by atoms with Crippen molar-refractivity contribution in [2.24, 2.45) is 11.7 Å². The van der Waals surface area contributed by atoms with E-state index in [1.165, 1.54) is 12.1 Å². The van der Waals surface area contributed by atoms with Crippen molar-refractivity contribution in [3.8, 4) is 0 Å². The van der Waals surface area contributed by atoms with Gasteiger partial charge in [0.1, 0.15) is 0 Å². The zero-order valence-corrected chi connectivity index (χ0v) is 11.9. The van der Waals surface area contributed by atoms with Crippen molar-refractivity contribution in [1.82, 2.24) is 4.90 Å². The Labute approximate surface area is 119 Å². The van der Waals surface area contributed by atoms with E-state index in [1.807, 2.05) is 0 Å². The van der Waals surface area contributed by atoms with Gasteiger partial charge < -0.3 is 5.73 Å². The average Bonchev–Trinajstić information content (AvgIpc) is 2.34. The lowest BCUT2D eigenvalue weighted by Crippen LogP contribution is -2.39. The van der Waals surface area contributed by atoms with Gasteiger partial charge >= 0.3 is 0 Å². The fraction of sp³-hybridized carbons (Fsp3) is 0.571. The average molecular weight is 291 g/mol. The number of nitrogens with zero attached hydrogens (tertiary/aromatic N) is 1. The quantitative estimate of drug-likeness (QED) is 0.927. The van der Waals surface area contributed by atoms with Crippen LogP contribution in [-0.4, -0.2) is 24.0 Å². The first-order valence-corrected chi connectivity index (χ1v) is 6.48. The highest BCUT2D eigenvalue weighted by atomic mass is 35.5. The number of nitrogens with two attached hydrogens (primary N) is 1. The minimum atomic E-state index is -0.783. The Kier molecular flexibility index (Phi) is 6.17. The summed E-state index contributed by atoms with van der Waals surface area (Å²) in [6.45, 7) is 4.69. The van der Waals surface area contributed by atoms with Gasteiger partial charge in [0.15, 0.2) is 11.6 Å². The molecule has 1 aliphatic heterocycles. The summed E-state index contributed by atoms with van der Waals surface area (Å²) in [5.41, 5.74) is 6.72. The molecule has 0 aliphatic carbocycles. The maximum Gasteiger partial charge on any atom is 0.159 e. The van der Waals surface area contributed by atoms with Crippen LogP contribution in [0.3, 0.4) is 0 Å². The molecule has 2 N–H and O–H groups in total. The first-order valence-electron chi connectivity index (χ1n) is 6.48. The van der Waals surface area contributed by atoms with Crippen LogP contribution in [0.2, 0.25) is 0 Å². The monoisotopic (exact) mass is 290 g/mol. The van der Waals surface area contributed by atoms with Crippen LogP contribution in [0.25, 0.3) is 0 Å². The first kappa shape index (κ1) is 16.3. The zero-order chi connectivity index (χ0) is 13.1. The van der Waals surface area contributed by atoms with E-state index < -0.39 is 11.6 Å². The van der Waals surface area contributed by atoms with Crippen molar-refractivity contribution in [1.29, 1.82) is 0 Å². The van der Waals surface area contributed by atoms with Gasteiger partial charge in [0.25, 0.3) is 0 Å². The highest BCUT2D eigenvalue weighted by molar-refractivity contribution is 5.85. The molecule has 2 rings (SSSR count). The van der Waals surface area contributed by atoms with Crippen LogP contribution < -0.4 is 5.73 Å². The molecule has 1 atom stereocenters. The third kappa shape index (κ3) is 4.41. The van der Waals surface area contributed by atoms with Gasteiger partial charge in [0.2, 0.25) is 0 Å². The predicted octanol–water partition coefficient (Wildman–Crippen LogP) is 2.95. The molecule has 1 heterocycles.